The molecule has 17 heavy (non-hydrogen) atoms. The summed E-state index contributed by atoms with van der Waals surface area (Å²) >= 11 is 0. The van der Waals surface area contributed by atoms with Crippen LogP contribution in [0, 0.1) is 5.82 Å². The number of benzene rings is 1. The molecule has 0 unspecified atom stereocenters. The van der Waals surface area contributed by atoms with Gasteiger partial charge in [-0.2, -0.15) is 13.2 Å². The lowest BCUT2D eigenvalue weighted by atomic mass is 10.1. The maximum atomic E-state index is 12.9. The Hall–Kier alpha value is -1.85. The van der Waals surface area contributed by atoms with E-state index in [0.717, 1.165) is 12.1 Å². The molecule has 0 radical (unpaired) electrons. The van der Waals surface area contributed by atoms with Crippen molar-refractivity contribution in [3.63, 3.8) is 0 Å². The van der Waals surface area contributed by atoms with E-state index in [-0.39, 0.29) is 11.1 Å². The van der Waals surface area contributed by atoms with Crippen molar-refractivity contribution < 1.29 is 27.5 Å². The summed E-state index contributed by atoms with van der Waals surface area (Å²) in [5.41, 5.74) is -1.56. The van der Waals surface area contributed by atoms with Gasteiger partial charge < -0.3 is 5.11 Å². The van der Waals surface area contributed by atoms with E-state index >= 15 is 0 Å². The standard InChI is InChI=1S/C11H8F4O2/c1-6(10(16)17)4-7-2-3-9(12)8(5-7)11(13,14)15/h2-5H,1H3,(H,16,17)/b6-4+. The van der Waals surface area contributed by atoms with Gasteiger partial charge in [0, 0.05) is 5.57 Å². The Morgan fingerprint density at radius 1 is 1.35 bits per heavy atom. The van der Waals surface area contributed by atoms with E-state index in [1.54, 1.807) is 0 Å². The number of alkyl halides is 3. The fourth-order valence-electron chi connectivity index (χ4n) is 1.16. The quantitative estimate of drug-likeness (QED) is 0.643. The van der Waals surface area contributed by atoms with Crippen molar-refractivity contribution in [2.24, 2.45) is 0 Å². The first-order valence-corrected chi connectivity index (χ1v) is 4.50. The van der Waals surface area contributed by atoms with Gasteiger partial charge in [-0.1, -0.05) is 6.07 Å². The van der Waals surface area contributed by atoms with Gasteiger partial charge in [-0.05, 0) is 30.7 Å². The Bertz CT molecular complexity index is 475. The van der Waals surface area contributed by atoms with Crippen molar-refractivity contribution in [2.45, 2.75) is 13.1 Å². The molecular formula is C11H8F4O2. The Morgan fingerprint density at radius 3 is 2.41 bits per heavy atom. The average Bonchev–Trinajstić information content (AvgIpc) is 2.19. The molecule has 0 spiro atoms. The largest absolute Gasteiger partial charge is 0.478 e. The zero-order chi connectivity index (χ0) is 13.2. The summed E-state index contributed by atoms with van der Waals surface area (Å²) in [5, 5.41) is 8.56. The van der Waals surface area contributed by atoms with Crippen LogP contribution < -0.4 is 0 Å². The first-order valence-electron chi connectivity index (χ1n) is 4.50. The fraction of sp³-hybridized carbons (Fsp3) is 0.182. The molecule has 1 rings (SSSR count). The van der Waals surface area contributed by atoms with Crippen LogP contribution in [0.2, 0.25) is 0 Å². The van der Waals surface area contributed by atoms with Crippen LogP contribution in [0.5, 0.6) is 0 Å². The zero-order valence-electron chi connectivity index (χ0n) is 8.68. The van der Waals surface area contributed by atoms with Crippen molar-refractivity contribution in [2.75, 3.05) is 0 Å². The average molecular weight is 248 g/mol. The van der Waals surface area contributed by atoms with Gasteiger partial charge in [0.15, 0.2) is 0 Å². The van der Waals surface area contributed by atoms with Crippen molar-refractivity contribution in [3.05, 3.63) is 40.7 Å². The van der Waals surface area contributed by atoms with Crippen LogP contribution in [-0.4, -0.2) is 11.1 Å². The highest BCUT2D eigenvalue weighted by molar-refractivity contribution is 5.91. The van der Waals surface area contributed by atoms with E-state index in [9.17, 15) is 22.4 Å². The maximum Gasteiger partial charge on any atom is 0.419 e. The van der Waals surface area contributed by atoms with Gasteiger partial charge in [-0.3, -0.25) is 0 Å². The van der Waals surface area contributed by atoms with Crippen LogP contribution in [0.1, 0.15) is 18.1 Å². The molecule has 92 valence electrons. The van der Waals surface area contributed by atoms with E-state index in [1.807, 2.05) is 0 Å². The molecule has 0 heterocycles. The minimum atomic E-state index is -4.80. The molecule has 0 aliphatic heterocycles. The van der Waals surface area contributed by atoms with E-state index in [0.29, 0.717) is 12.1 Å². The molecule has 0 aliphatic carbocycles. The van der Waals surface area contributed by atoms with Crippen LogP contribution in [0.3, 0.4) is 0 Å². The molecule has 0 saturated carbocycles. The number of carbonyl (C=O) groups is 1. The smallest absolute Gasteiger partial charge is 0.419 e. The predicted molar refractivity (Wildman–Crippen MR) is 52.7 cm³/mol. The predicted octanol–water partition coefficient (Wildman–Crippen LogP) is 3.33. The summed E-state index contributed by atoms with van der Waals surface area (Å²) in [7, 11) is 0. The molecule has 1 N–H and O–H groups in total. The Balaban J connectivity index is 3.23. The van der Waals surface area contributed by atoms with Crippen molar-refractivity contribution in [1.29, 1.82) is 0 Å². The summed E-state index contributed by atoms with van der Waals surface area (Å²) in [5.74, 6) is -2.63. The molecule has 0 aliphatic rings. The zero-order valence-corrected chi connectivity index (χ0v) is 8.68. The fourth-order valence-corrected chi connectivity index (χ4v) is 1.16. The minimum absolute atomic E-state index is 0.0152. The monoisotopic (exact) mass is 248 g/mol. The number of carboxylic acids is 1. The van der Waals surface area contributed by atoms with Gasteiger partial charge in [0.05, 0.1) is 5.56 Å². The molecule has 0 bridgehead atoms. The molecule has 1 aromatic carbocycles. The maximum absolute atomic E-state index is 12.9. The van der Waals surface area contributed by atoms with E-state index in [1.165, 1.54) is 6.92 Å². The van der Waals surface area contributed by atoms with Gasteiger partial charge >= 0.3 is 12.1 Å². The summed E-state index contributed by atoms with van der Waals surface area (Å²) in [4.78, 5) is 10.5. The van der Waals surface area contributed by atoms with Crippen molar-refractivity contribution >= 4 is 12.0 Å². The van der Waals surface area contributed by atoms with Crippen LogP contribution in [0.4, 0.5) is 17.6 Å². The topological polar surface area (TPSA) is 37.3 Å². The molecule has 1 aromatic rings. The molecule has 0 amide bonds. The molecule has 6 heteroatoms. The second kappa shape index (κ2) is 4.57. The second-order valence-electron chi connectivity index (χ2n) is 3.37. The molecule has 2 nitrogen and oxygen atoms in total. The number of hydrogen-bond donors (Lipinski definition) is 1. The van der Waals surface area contributed by atoms with Gasteiger partial charge in [-0.15, -0.1) is 0 Å². The summed E-state index contributed by atoms with van der Waals surface area (Å²) in [6, 6.07) is 2.31. The highest BCUT2D eigenvalue weighted by Gasteiger charge is 2.34. The number of halogens is 4. The number of rotatable bonds is 2. The Kier molecular flexibility index (Phi) is 3.55. The Labute approximate surface area is 94.2 Å². The summed E-state index contributed by atoms with van der Waals surface area (Å²) < 4.78 is 49.9. The summed E-state index contributed by atoms with van der Waals surface area (Å²) in [6.07, 6.45) is -3.76. The van der Waals surface area contributed by atoms with Gasteiger partial charge in [0.25, 0.3) is 0 Å². The first kappa shape index (κ1) is 13.2. The molecule has 0 aromatic heterocycles. The molecule has 0 atom stereocenters. The van der Waals surface area contributed by atoms with Gasteiger partial charge in [-0.25, -0.2) is 9.18 Å². The molecule has 0 fully saturated rings. The highest BCUT2D eigenvalue weighted by atomic mass is 19.4. The highest BCUT2D eigenvalue weighted by Crippen LogP contribution is 2.32. The Morgan fingerprint density at radius 2 is 1.94 bits per heavy atom. The first-order chi connectivity index (χ1) is 7.71. The summed E-state index contributed by atoms with van der Waals surface area (Å²) in [6.45, 7) is 1.24. The lowest BCUT2D eigenvalue weighted by molar-refractivity contribution is -0.140. The SMILES string of the molecule is C/C(=C\c1ccc(F)c(C(F)(F)F)c1)C(=O)O. The van der Waals surface area contributed by atoms with E-state index in [2.05, 4.69) is 0 Å². The van der Waals surface area contributed by atoms with Crippen molar-refractivity contribution in [3.8, 4) is 0 Å². The van der Waals surface area contributed by atoms with Crippen LogP contribution in [0.15, 0.2) is 23.8 Å². The molecule has 0 saturated heterocycles. The second-order valence-corrected chi connectivity index (χ2v) is 3.37. The third-order valence-electron chi connectivity index (χ3n) is 2.02. The van der Waals surface area contributed by atoms with Crippen LogP contribution in [-0.2, 0) is 11.0 Å². The lowest BCUT2D eigenvalue weighted by Crippen LogP contribution is -2.08. The van der Waals surface area contributed by atoms with Crippen LogP contribution in [0.25, 0.3) is 6.08 Å². The minimum Gasteiger partial charge on any atom is -0.478 e. The van der Waals surface area contributed by atoms with Crippen LogP contribution >= 0.6 is 0 Å². The molecular weight excluding hydrogens is 240 g/mol. The number of aliphatic carboxylic acids is 1. The number of hydrogen-bond acceptors (Lipinski definition) is 1. The number of carboxylic acid groups (broad SMARTS) is 1. The normalized spacial score (nSPS) is 12.6. The third-order valence-corrected chi connectivity index (χ3v) is 2.02. The van der Waals surface area contributed by atoms with Gasteiger partial charge in [0.2, 0.25) is 0 Å². The van der Waals surface area contributed by atoms with E-state index in [4.69, 9.17) is 5.11 Å². The lowest BCUT2D eigenvalue weighted by Gasteiger charge is -2.08. The van der Waals surface area contributed by atoms with Gasteiger partial charge in [0.1, 0.15) is 5.82 Å². The third kappa shape index (κ3) is 3.30. The van der Waals surface area contributed by atoms with E-state index < -0.39 is 23.5 Å². The van der Waals surface area contributed by atoms with Crippen molar-refractivity contribution in [1.82, 2.24) is 0 Å².